The summed E-state index contributed by atoms with van der Waals surface area (Å²) in [6.07, 6.45) is 6.23. The van der Waals surface area contributed by atoms with Crippen molar-refractivity contribution in [1.82, 2.24) is 4.98 Å². The van der Waals surface area contributed by atoms with E-state index < -0.39 is 5.60 Å². The number of rotatable bonds is 1. The second-order valence-corrected chi connectivity index (χ2v) is 4.13. The first-order valence-corrected chi connectivity index (χ1v) is 4.97. The van der Waals surface area contributed by atoms with Crippen molar-refractivity contribution in [1.29, 1.82) is 0 Å². The van der Waals surface area contributed by atoms with Gasteiger partial charge in [0, 0.05) is 13.1 Å². The summed E-state index contributed by atoms with van der Waals surface area (Å²) in [5.74, 6) is 0. The van der Waals surface area contributed by atoms with Gasteiger partial charge in [0.25, 0.3) is 0 Å². The van der Waals surface area contributed by atoms with Crippen molar-refractivity contribution in [3.05, 3.63) is 24.5 Å². The SMILES string of the molecule is CC1(O)CCN(c2cc[c]nc2)CC1. The zero-order chi connectivity index (χ0) is 10.0. The summed E-state index contributed by atoms with van der Waals surface area (Å²) in [6, 6.07) is 3.83. The maximum atomic E-state index is 9.79. The van der Waals surface area contributed by atoms with Gasteiger partial charge in [-0.2, -0.15) is 0 Å². The fourth-order valence-corrected chi connectivity index (χ4v) is 1.75. The van der Waals surface area contributed by atoms with Gasteiger partial charge in [0.1, 0.15) is 0 Å². The zero-order valence-corrected chi connectivity index (χ0v) is 8.40. The lowest BCUT2D eigenvalue weighted by Crippen LogP contribution is -2.42. The van der Waals surface area contributed by atoms with Gasteiger partial charge in [-0.25, -0.2) is 0 Å². The topological polar surface area (TPSA) is 36.4 Å². The molecule has 0 unspecified atom stereocenters. The number of aliphatic hydroxyl groups is 1. The Balaban J connectivity index is 2.03. The number of anilines is 1. The molecular weight excluding hydrogens is 176 g/mol. The molecule has 0 aliphatic carbocycles. The van der Waals surface area contributed by atoms with Gasteiger partial charge in [0.05, 0.1) is 23.7 Å². The molecule has 0 atom stereocenters. The molecule has 0 aromatic carbocycles. The van der Waals surface area contributed by atoms with E-state index in [9.17, 15) is 5.11 Å². The standard InChI is InChI=1S/C11H15N2O/c1-11(14)4-7-13(8-5-11)10-3-2-6-12-9-10/h2-3,9,14H,4-5,7-8H2,1H3. The quantitative estimate of drug-likeness (QED) is 0.725. The lowest BCUT2D eigenvalue weighted by atomic mass is 9.94. The monoisotopic (exact) mass is 191 g/mol. The summed E-state index contributed by atoms with van der Waals surface area (Å²) in [4.78, 5) is 6.22. The highest BCUT2D eigenvalue weighted by atomic mass is 16.3. The number of hydrogen-bond acceptors (Lipinski definition) is 3. The van der Waals surface area contributed by atoms with Gasteiger partial charge in [-0.3, -0.25) is 4.98 Å². The van der Waals surface area contributed by atoms with Gasteiger partial charge in [0.15, 0.2) is 0 Å². The third kappa shape index (κ3) is 2.04. The molecule has 14 heavy (non-hydrogen) atoms. The Labute approximate surface area is 84.4 Å². The maximum absolute atomic E-state index is 9.79. The van der Waals surface area contributed by atoms with Crippen molar-refractivity contribution in [3.63, 3.8) is 0 Å². The van der Waals surface area contributed by atoms with Gasteiger partial charge in [-0.1, -0.05) is 0 Å². The van der Waals surface area contributed by atoms with Crippen LogP contribution in [0.5, 0.6) is 0 Å². The lowest BCUT2D eigenvalue weighted by Gasteiger charge is -2.36. The van der Waals surface area contributed by atoms with Gasteiger partial charge in [-0.05, 0) is 31.9 Å². The van der Waals surface area contributed by atoms with E-state index in [-0.39, 0.29) is 0 Å². The van der Waals surface area contributed by atoms with E-state index in [1.165, 1.54) is 0 Å². The molecule has 1 N–H and O–H groups in total. The summed E-state index contributed by atoms with van der Waals surface area (Å²) in [6.45, 7) is 3.71. The van der Waals surface area contributed by atoms with Crippen LogP contribution >= 0.6 is 0 Å². The number of pyridine rings is 1. The molecule has 1 saturated heterocycles. The molecule has 3 nitrogen and oxygen atoms in total. The molecule has 0 spiro atoms. The Morgan fingerprint density at radius 1 is 1.50 bits per heavy atom. The van der Waals surface area contributed by atoms with E-state index in [0.717, 1.165) is 31.6 Å². The molecular formula is C11H15N2O. The summed E-state index contributed by atoms with van der Waals surface area (Å²) >= 11 is 0. The molecule has 0 saturated carbocycles. The van der Waals surface area contributed by atoms with Gasteiger partial charge in [-0.15, -0.1) is 0 Å². The van der Waals surface area contributed by atoms with E-state index in [0.29, 0.717) is 0 Å². The number of nitrogens with zero attached hydrogens (tertiary/aromatic N) is 2. The van der Waals surface area contributed by atoms with Crippen LogP contribution in [0.4, 0.5) is 5.69 Å². The first-order chi connectivity index (χ1) is 6.67. The Bertz CT molecular complexity index is 287. The second-order valence-electron chi connectivity index (χ2n) is 4.13. The van der Waals surface area contributed by atoms with Crippen LogP contribution in [0.15, 0.2) is 18.3 Å². The summed E-state index contributed by atoms with van der Waals surface area (Å²) in [5.41, 5.74) is 0.643. The van der Waals surface area contributed by atoms with Crippen molar-refractivity contribution in [2.24, 2.45) is 0 Å². The zero-order valence-electron chi connectivity index (χ0n) is 8.40. The van der Waals surface area contributed by atoms with Gasteiger partial charge in [0.2, 0.25) is 0 Å². The molecule has 75 valence electrons. The minimum atomic E-state index is -0.481. The Morgan fingerprint density at radius 2 is 2.21 bits per heavy atom. The van der Waals surface area contributed by atoms with Crippen LogP contribution in [0.1, 0.15) is 19.8 Å². The molecule has 1 fully saturated rings. The van der Waals surface area contributed by atoms with Gasteiger partial charge >= 0.3 is 0 Å². The van der Waals surface area contributed by atoms with E-state index in [1.807, 2.05) is 25.3 Å². The van der Waals surface area contributed by atoms with Crippen LogP contribution in [-0.4, -0.2) is 28.8 Å². The van der Waals surface area contributed by atoms with Crippen molar-refractivity contribution in [2.45, 2.75) is 25.4 Å². The fourth-order valence-electron chi connectivity index (χ4n) is 1.75. The number of aromatic nitrogens is 1. The van der Waals surface area contributed by atoms with Crippen LogP contribution in [-0.2, 0) is 0 Å². The Kier molecular flexibility index (Phi) is 2.42. The molecule has 0 bridgehead atoms. The van der Waals surface area contributed by atoms with Crippen molar-refractivity contribution < 1.29 is 5.11 Å². The van der Waals surface area contributed by atoms with Crippen molar-refractivity contribution >= 4 is 5.69 Å². The average Bonchev–Trinajstić information content (AvgIpc) is 2.19. The largest absolute Gasteiger partial charge is 0.390 e. The second kappa shape index (κ2) is 3.58. The molecule has 2 rings (SSSR count). The smallest absolute Gasteiger partial charge is 0.0887 e. The molecule has 1 aromatic heterocycles. The summed E-state index contributed by atoms with van der Waals surface area (Å²) in [7, 11) is 0. The van der Waals surface area contributed by atoms with Crippen LogP contribution in [0.3, 0.4) is 0 Å². The van der Waals surface area contributed by atoms with Crippen molar-refractivity contribution in [3.8, 4) is 0 Å². The van der Waals surface area contributed by atoms with Crippen molar-refractivity contribution in [2.75, 3.05) is 18.0 Å². The number of piperidine rings is 1. The van der Waals surface area contributed by atoms with Crippen LogP contribution < -0.4 is 4.90 Å². The highest BCUT2D eigenvalue weighted by molar-refractivity contribution is 5.43. The minimum absolute atomic E-state index is 0.481. The van der Waals surface area contributed by atoms with E-state index in [4.69, 9.17) is 0 Å². The van der Waals surface area contributed by atoms with Crippen LogP contribution in [0.25, 0.3) is 0 Å². The van der Waals surface area contributed by atoms with E-state index in [1.54, 1.807) is 0 Å². The maximum Gasteiger partial charge on any atom is 0.0887 e. The third-order valence-corrected chi connectivity index (χ3v) is 2.81. The molecule has 2 heterocycles. The fraction of sp³-hybridized carbons (Fsp3) is 0.545. The number of hydrogen-bond donors (Lipinski definition) is 1. The van der Waals surface area contributed by atoms with Crippen LogP contribution in [0, 0.1) is 6.20 Å². The van der Waals surface area contributed by atoms with Gasteiger partial charge < -0.3 is 10.0 Å². The molecule has 1 aliphatic rings. The highest BCUT2D eigenvalue weighted by Crippen LogP contribution is 2.24. The normalized spacial score (nSPS) is 20.9. The molecule has 1 aromatic rings. The first kappa shape index (κ1) is 9.46. The highest BCUT2D eigenvalue weighted by Gasteiger charge is 2.27. The molecule has 3 heteroatoms. The lowest BCUT2D eigenvalue weighted by molar-refractivity contribution is 0.0351. The third-order valence-electron chi connectivity index (χ3n) is 2.81. The first-order valence-electron chi connectivity index (χ1n) is 4.97. The molecule has 1 aliphatic heterocycles. The predicted molar refractivity (Wildman–Crippen MR) is 55.1 cm³/mol. The molecule has 0 amide bonds. The van der Waals surface area contributed by atoms with Crippen LogP contribution in [0.2, 0.25) is 0 Å². The molecule has 1 radical (unpaired) electrons. The minimum Gasteiger partial charge on any atom is -0.390 e. The summed E-state index contributed by atoms with van der Waals surface area (Å²) < 4.78 is 0. The Morgan fingerprint density at radius 3 is 2.79 bits per heavy atom. The Hall–Kier alpha value is -1.09. The summed E-state index contributed by atoms with van der Waals surface area (Å²) in [5, 5.41) is 9.79. The van der Waals surface area contributed by atoms with E-state index >= 15 is 0 Å². The van der Waals surface area contributed by atoms with E-state index in [2.05, 4.69) is 16.1 Å². The predicted octanol–water partition coefficient (Wildman–Crippen LogP) is 1.23. The average molecular weight is 191 g/mol.